The molecule has 0 unspecified atom stereocenters. The number of aromatic nitrogens is 4. The topological polar surface area (TPSA) is 46.0 Å². The quantitative estimate of drug-likeness (QED) is 0.547. The van der Waals surface area contributed by atoms with Crippen LogP contribution in [0.25, 0.3) is 27.8 Å². The lowest BCUT2D eigenvalue weighted by atomic mass is 10.1. The Kier molecular flexibility index (Phi) is 3.58. The maximum Gasteiger partial charge on any atom is 0.154 e. The highest BCUT2D eigenvalue weighted by atomic mass is 15.3. The number of nitrogens with one attached hydrogen (secondary N) is 1. The lowest BCUT2D eigenvalue weighted by Gasteiger charge is -2.05. The molecule has 0 radical (unpaired) electrons. The van der Waals surface area contributed by atoms with Gasteiger partial charge in [-0.15, -0.1) is 0 Å². The first-order chi connectivity index (χ1) is 11.3. The molecule has 23 heavy (non-hydrogen) atoms. The molecule has 4 heteroatoms. The highest BCUT2D eigenvalue weighted by molar-refractivity contribution is 5.84. The molecule has 3 heterocycles. The van der Waals surface area contributed by atoms with Crippen LogP contribution in [0.1, 0.15) is 31.9 Å². The number of hydrogen-bond donors (Lipinski definition) is 1. The van der Waals surface area contributed by atoms with Crippen molar-refractivity contribution in [3.8, 4) is 11.3 Å². The van der Waals surface area contributed by atoms with Crippen molar-refractivity contribution in [3.05, 3.63) is 54.5 Å². The largest absolute Gasteiger partial charge is 0.361 e. The molecule has 0 fully saturated rings. The molecule has 0 saturated carbocycles. The molecule has 116 valence electrons. The van der Waals surface area contributed by atoms with E-state index in [2.05, 4.69) is 53.3 Å². The summed E-state index contributed by atoms with van der Waals surface area (Å²) in [5.74, 6) is 0. The summed E-state index contributed by atoms with van der Waals surface area (Å²) in [6, 6.07) is 12.7. The third-order valence-corrected chi connectivity index (χ3v) is 4.30. The minimum absolute atomic E-state index is 0.897. The Bertz CT molecular complexity index is 948. The third kappa shape index (κ3) is 2.61. The van der Waals surface area contributed by atoms with Crippen LogP contribution in [0.4, 0.5) is 0 Å². The number of rotatable bonds is 5. The van der Waals surface area contributed by atoms with Crippen molar-refractivity contribution in [2.75, 3.05) is 0 Å². The van der Waals surface area contributed by atoms with Crippen molar-refractivity contribution in [3.63, 3.8) is 0 Å². The molecule has 4 rings (SSSR count). The lowest BCUT2D eigenvalue weighted by Crippen LogP contribution is -1.99. The maximum absolute atomic E-state index is 4.80. The molecule has 0 saturated heterocycles. The van der Waals surface area contributed by atoms with Gasteiger partial charge in [0.2, 0.25) is 0 Å². The summed E-state index contributed by atoms with van der Waals surface area (Å²) in [6.45, 7) is 2.22. The zero-order chi connectivity index (χ0) is 15.6. The average molecular weight is 304 g/mol. The highest BCUT2D eigenvalue weighted by Crippen LogP contribution is 2.24. The number of unbranched alkanes of at least 4 members (excludes halogenated alkanes) is 2. The number of aryl methyl sites for hydroxylation is 1. The summed E-state index contributed by atoms with van der Waals surface area (Å²) >= 11 is 0. The minimum Gasteiger partial charge on any atom is -0.361 e. The van der Waals surface area contributed by atoms with E-state index in [0.717, 1.165) is 34.5 Å². The van der Waals surface area contributed by atoms with E-state index in [-0.39, 0.29) is 0 Å². The Morgan fingerprint density at radius 3 is 2.96 bits per heavy atom. The number of H-pyrrole nitrogens is 1. The van der Waals surface area contributed by atoms with Gasteiger partial charge in [0.05, 0.1) is 17.6 Å². The van der Waals surface area contributed by atoms with Crippen molar-refractivity contribution < 1.29 is 0 Å². The molecule has 1 N–H and O–H groups in total. The van der Waals surface area contributed by atoms with E-state index in [1.54, 1.807) is 0 Å². The number of fused-ring (bicyclic) bond motifs is 2. The normalized spacial score (nSPS) is 11.5. The number of nitrogens with zero attached hydrogens (tertiary/aromatic N) is 3. The molecular formula is C19H20N4. The Labute approximate surface area is 135 Å². The number of aromatic amines is 1. The number of imidazole rings is 1. The Hall–Kier alpha value is -2.62. The zero-order valence-corrected chi connectivity index (χ0v) is 13.3. The van der Waals surface area contributed by atoms with Gasteiger partial charge in [-0.05, 0) is 43.2 Å². The second-order valence-corrected chi connectivity index (χ2v) is 5.97. The SMILES string of the molecule is CCCCCc1ccc2ncc(-c3ccc4[nH]ccc4c3)n2n1. The van der Waals surface area contributed by atoms with Crippen molar-refractivity contribution in [2.24, 2.45) is 0 Å². The van der Waals surface area contributed by atoms with E-state index in [4.69, 9.17) is 5.10 Å². The monoisotopic (exact) mass is 304 g/mol. The molecule has 0 aliphatic carbocycles. The van der Waals surface area contributed by atoms with Gasteiger partial charge in [0, 0.05) is 22.7 Å². The molecule has 0 spiro atoms. The first-order valence-electron chi connectivity index (χ1n) is 8.26. The standard InChI is InChI=1S/C19H20N4/c1-2-3-4-5-16-7-9-19-21-13-18(23(19)22-16)15-6-8-17-14(12-15)10-11-20-17/h6-13,20H,2-5H2,1H3. The summed E-state index contributed by atoms with van der Waals surface area (Å²) in [4.78, 5) is 7.72. The Morgan fingerprint density at radius 1 is 1.09 bits per heavy atom. The molecule has 4 nitrogen and oxygen atoms in total. The Morgan fingerprint density at radius 2 is 2.04 bits per heavy atom. The smallest absolute Gasteiger partial charge is 0.154 e. The predicted octanol–water partition coefficient (Wildman–Crippen LogP) is 4.61. The van der Waals surface area contributed by atoms with Crippen LogP contribution in [-0.2, 0) is 6.42 Å². The van der Waals surface area contributed by atoms with Gasteiger partial charge in [-0.3, -0.25) is 0 Å². The predicted molar refractivity (Wildman–Crippen MR) is 93.5 cm³/mol. The van der Waals surface area contributed by atoms with Gasteiger partial charge < -0.3 is 4.98 Å². The first-order valence-corrected chi connectivity index (χ1v) is 8.26. The van der Waals surface area contributed by atoms with Gasteiger partial charge >= 0.3 is 0 Å². The van der Waals surface area contributed by atoms with E-state index in [1.165, 1.54) is 24.6 Å². The third-order valence-electron chi connectivity index (χ3n) is 4.30. The minimum atomic E-state index is 0.897. The van der Waals surface area contributed by atoms with E-state index in [0.29, 0.717) is 0 Å². The molecule has 0 atom stereocenters. The van der Waals surface area contributed by atoms with Crippen molar-refractivity contribution >= 4 is 16.6 Å². The lowest BCUT2D eigenvalue weighted by molar-refractivity contribution is 0.695. The average Bonchev–Trinajstić information content (AvgIpc) is 3.20. The Balaban J connectivity index is 1.75. The van der Waals surface area contributed by atoms with Gasteiger partial charge in [-0.1, -0.05) is 25.8 Å². The van der Waals surface area contributed by atoms with Gasteiger partial charge in [-0.2, -0.15) is 5.10 Å². The zero-order valence-electron chi connectivity index (χ0n) is 13.3. The van der Waals surface area contributed by atoms with E-state index < -0.39 is 0 Å². The fraction of sp³-hybridized carbons (Fsp3) is 0.263. The number of benzene rings is 1. The van der Waals surface area contributed by atoms with Gasteiger partial charge in [0.25, 0.3) is 0 Å². The van der Waals surface area contributed by atoms with E-state index in [1.807, 2.05) is 16.9 Å². The second kappa shape index (κ2) is 5.88. The number of hydrogen-bond acceptors (Lipinski definition) is 2. The summed E-state index contributed by atoms with van der Waals surface area (Å²) in [5, 5.41) is 6.00. The van der Waals surface area contributed by atoms with Crippen LogP contribution in [0.2, 0.25) is 0 Å². The summed E-state index contributed by atoms with van der Waals surface area (Å²) < 4.78 is 1.97. The first kappa shape index (κ1) is 14.0. The molecule has 3 aromatic heterocycles. The molecule has 0 amide bonds. The van der Waals surface area contributed by atoms with Crippen LogP contribution < -0.4 is 0 Å². The molecule has 0 aliphatic rings. The van der Waals surface area contributed by atoms with Crippen LogP contribution in [-0.4, -0.2) is 19.6 Å². The molecule has 4 aromatic rings. The fourth-order valence-corrected chi connectivity index (χ4v) is 3.01. The van der Waals surface area contributed by atoms with Crippen LogP contribution in [0.3, 0.4) is 0 Å². The maximum atomic E-state index is 4.80. The van der Waals surface area contributed by atoms with Crippen LogP contribution in [0.5, 0.6) is 0 Å². The summed E-state index contributed by atoms with van der Waals surface area (Å²) in [7, 11) is 0. The molecule has 1 aromatic carbocycles. The summed E-state index contributed by atoms with van der Waals surface area (Å²) in [6.07, 6.45) is 8.57. The van der Waals surface area contributed by atoms with Crippen LogP contribution >= 0.6 is 0 Å². The second-order valence-electron chi connectivity index (χ2n) is 5.97. The van der Waals surface area contributed by atoms with E-state index >= 15 is 0 Å². The van der Waals surface area contributed by atoms with Gasteiger partial charge in [0.15, 0.2) is 5.65 Å². The van der Waals surface area contributed by atoms with Crippen LogP contribution in [0, 0.1) is 0 Å². The van der Waals surface area contributed by atoms with Gasteiger partial charge in [0.1, 0.15) is 0 Å². The molecule has 0 bridgehead atoms. The molecular weight excluding hydrogens is 284 g/mol. The van der Waals surface area contributed by atoms with Crippen molar-refractivity contribution in [2.45, 2.75) is 32.6 Å². The van der Waals surface area contributed by atoms with Crippen LogP contribution in [0.15, 0.2) is 48.8 Å². The van der Waals surface area contributed by atoms with Crippen molar-refractivity contribution in [1.29, 1.82) is 0 Å². The van der Waals surface area contributed by atoms with Crippen molar-refractivity contribution in [1.82, 2.24) is 19.6 Å². The fourth-order valence-electron chi connectivity index (χ4n) is 3.01. The molecule has 0 aliphatic heterocycles. The highest BCUT2D eigenvalue weighted by Gasteiger charge is 2.09. The summed E-state index contributed by atoms with van der Waals surface area (Å²) in [5.41, 5.74) is 5.36. The van der Waals surface area contributed by atoms with Gasteiger partial charge in [-0.25, -0.2) is 9.50 Å². The van der Waals surface area contributed by atoms with E-state index in [9.17, 15) is 0 Å².